The number of aliphatic hydroxyl groups is 8. The number of nitrogens with zero attached hydrogens (tertiary/aromatic N) is 4. The van der Waals surface area contributed by atoms with Gasteiger partial charge in [-0.3, -0.25) is 33.6 Å². The van der Waals surface area contributed by atoms with Crippen LogP contribution in [0.2, 0.25) is 0 Å². The van der Waals surface area contributed by atoms with Gasteiger partial charge in [-0.15, -0.1) is 0 Å². The van der Waals surface area contributed by atoms with Gasteiger partial charge in [0.15, 0.2) is 11.5 Å². The number of β-amino-alcohol motifs (C(OH)–C–C–N with tert-alkyl or cyclic N) is 1. The van der Waals surface area contributed by atoms with Gasteiger partial charge in [0.05, 0.1) is 63.0 Å². The fourth-order valence-electron chi connectivity index (χ4n) is 11.8. The summed E-state index contributed by atoms with van der Waals surface area (Å²) in [6, 6.07) is 13.6. The number of anilines is 2. The van der Waals surface area contributed by atoms with Gasteiger partial charge < -0.3 is 106 Å². The Morgan fingerprint density at radius 2 is 1.30 bits per heavy atom. The minimum absolute atomic E-state index is 0.0571. The zero-order valence-corrected chi connectivity index (χ0v) is 52.6. The summed E-state index contributed by atoms with van der Waals surface area (Å²) in [7, 11) is 1.63. The molecular weight excluding hydrogens is 1250 g/mol. The van der Waals surface area contributed by atoms with E-state index in [4.69, 9.17) is 14.2 Å². The van der Waals surface area contributed by atoms with E-state index in [0.717, 1.165) is 77.2 Å². The third kappa shape index (κ3) is 18.1. The van der Waals surface area contributed by atoms with E-state index in [9.17, 15) is 79.5 Å². The summed E-state index contributed by atoms with van der Waals surface area (Å²) in [4.78, 5) is 109. The number of carbonyl (C=O) groups is 7. The van der Waals surface area contributed by atoms with Crippen LogP contribution in [0.1, 0.15) is 49.0 Å². The van der Waals surface area contributed by atoms with Gasteiger partial charge in [0, 0.05) is 87.9 Å². The molecule has 0 aromatic heterocycles. The van der Waals surface area contributed by atoms with Crippen molar-refractivity contribution in [2.45, 2.75) is 118 Å². The molecule has 4 saturated heterocycles. The van der Waals surface area contributed by atoms with Crippen molar-refractivity contribution >= 4 is 65.0 Å². The Morgan fingerprint density at radius 1 is 0.702 bits per heavy atom. The molecular formula is C62H82N10O21S. The number of hydrogen-bond donors (Lipinski definition) is 16. The third-order valence-corrected chi connectivity index (χ3v) is 17.5. The van der Waals surface area contributed by atoms with E-state index in [1.807, 2.05) is 48.5 Å². The zero-order chi connectivity index (χ0) is 67.9. The Kier molecular flexibility index (Phi) is 25.6. The molecule has 32 heteroatoms. The number of aromatic hydroxyl groups is 1. The normalized spacial score (nSPS) is 25.5. The van der Waals surface area contributed by atoms with E-state index in [2.05, 4.69) is 51.1 Å². The monoisotopic (exact) mass is 1330 g/mol. The van der Waals surface area contributed by atoms with Crippen molar-refractivity contribution in [1.29, 1.82) is 0 Å². The number of rotatable bonds is 21. The number of hydrogen-bond acceptors (Lipinski definition) is 25. The van der Waals surface area contributed by atoms with E-state index in [1.165, 1.54) is 31.2 Å². The lowest BCUT2D eigenvalue weighted by Gasteiger charge is -2.37. The molecule has 0 unspecified atom stereocenters. The van der Waals surface area contributed by atoms with Crippen LogP contribution in [0.25, 0.3) is 11.1 Å². The summed E-state index contributed by atoms with van der Waals surface area (Å²) in [5, 5.41) is 126. The first-order valence-corrected chi connectivity index (χ1v) is 31.3. The highest BCUT2D eigenvalue weighted by Crippen LogP contribution is 2.32. The number of phenolic OH excluding ortho intramolecular Hbond substituents is 1. The number of aliphatic hydroxyl groups excluding tert-OH is 8. The predicted octanol–water partition coefficient (Wildman–Crippen LogP) is -2.96. The summed E-state index contributed by atoms with van der Waals surface area (Å²) >= 11 is 0.0686. The van der Waals surface area contributed by atoms with Crippen molar-refractivity contribution < 1.29 is 103 Å². The smallest absolute Gasteiger partial charge is 0.261 e. The van der Waals surface area contributed by atoms with Crippen molar-refractivity contribution in [1.82, 2.24) is 41.7 Å². The standard InChI is InChI=1S/C62H82N10O21S/c1-33-29-72-54(55(33)81)60(86)64-28-42(76)26-45(65-56(82)38-7-5-36(6-8-38)37-9-11-40(12-10-37)69-20-22-70(23-21-69)41-13-15-44(90-3)16-14-41)57(83)66-51(34(2)75)61(87)71-30-43(77)27-46(71)58(84)67-52(49(80)24-35-4-17-47(78)50(25-35)91-94-93-92-89)59(85)68-53(62(72)88)48(79)18-19-63-39(31-73)32-74/h4-17,25,33-34,39,42-43,45-46,48-49,51-55,63,73-81,89H,18-24,26-32H2,1-3H3,(H,64,86)(H,65,82)(H,66,83)(H,67,84)(H,68,85)/t33-,34+,42+,43+,45-,46-,48+,49+,51-,52-,53-,54-,55-/m0/s1. The highest BCUT2D eigenvalue weighted by molar-refractivity contribution is 7.90. The molecule has 94 heavy (non-hydrogen) atoms. The molecule has 31 nitrogen and oxygen atoms in total. The van der Waals surface area contributed by atoms with Crippen molar-refractivity contribution in [3.63, 3.8) is 0 Å². The van der Waals surface area contributed by atoms with Crippen LogP contribution in [0.15, 0.2) is 91.0 Å². The second-order valence-corrected chi connectivity index (χ2v) is 24.1. The van der Waals surface area contributed by atoms with Crippen molar-refractivity contribution in [2.75, 3.05) is 82.5 Å². The first-order chi connectivity index (χ1) is 45.0. The molecule has 8 rings (SSSR count). The molecule has 0 radical (unpaired) electrons. The number of nitrogens with one attached hydrogen (secondary N) is 6. The van der Waals surface area contributed by atoms with E-state index < -0.39 is 184 Å². The SMILES string of the molecule is COc1ccc(N2CCN(c3ccc(-c4ccc(C(=O)N[C@H]5C[C@@H](O)CNC(=O)[C@@H]6[C@@H](O)[C@@H](C)CN6C(=O)[C@H]([C@H](O)CCNC(CO)CO)NC(=O)[C@H]([C@H](O)Cc6ccc(O)c(OSOOO)c6)NC(=O)[C@@H]6C[C@@H](O)CN6C(=O)[C@H]([C@@H](C)O)NC5=O)cc4)cc3)CC2)cc1. The van der Waals surface area contributed by atoms with Crippen molar-refractivity contribution in [2.24, 2.45) is 5.92 Å². The van der Waals surface area contributed by atoms with Gasteiger partial charge in [0.1, 0.15) is 42.0 Å². The van der Waals surface area contributed by atoms with Gasteiger partial charge in [0.25, 0.3) is 18.2 Å². The quantitative estimate of drug-likeness (QED) is 0.0171. The van der Waals surface area contributed by atoms with Gasteiger partial charge in [0.2, 0.25) is 35.4 Å². The maximum atomic E-state index is 15.0. The average Bonchev–Trinajstić information content (AvgIpc) is 1.63. The van der Waals surface area contributed by atoms with Crippen molar-refractivity contribution in [3.8, 4) is 28.4 Å². The van der Waals surface area contributed by atoms with Gasteiger partial charge >= 0.3 is 0 Å². The van der Waals surface area contributed by atoms with E-state index in [-0.39, 0.29) is 42.3 Å². The first-order valence-electron chi connectivity index (χ1n) is 30.6. The molecule has 4 aromatic rings. The Morgan fingerprint density at radius 3 is 1.90 bits per heavy atom. The summed E-state index contributed by atoms with van der Waals surface area (Å²) in [5.41, 5.74) is 3.88. The topological polar surface area (TPSA) is 444 Å². The number of piperazine rings is 1. The van der Waals surface area contributed by atoms with Crippen LogP contribution in [0.4, 0.5) is 11.4 Å². The number of methoxy groups -OCH3 is 1. The first kappa shape index (κ1) is 71.9. The molecule has 16 N–H and O–H groups in total. The lowest BCUT2D eigenvalue weighted by atomic mass is 9.98. The number of carbonyl (C=O) groups excluding carboxylic acids is 7. The Bertz CT molecular complexity index is 3220. The van der Waals surface area contributed by atoms with Gasteiger partial charge in [-0.25, -0.2) is 5.26 Å². The van der Waals surface area contributed by atoms with E-state index in [0.29, 0.717) is 0 Å². The molecule has 4 aliphatic rings. The zero-order valence-electron chi connectivity index (χ0n) is 51.8. The number of fused-ring (bicyclic) bond motifs is 2. The molecule has 0 spiro atoms. The fourth-order valence-corrected chi connectivity index (χ4v) is 12.1. The molecule has 512 valence electrons. The molecule has 4 aromatic carbocycles. The van der Waals surface area contributed by atoms with Crippen molar-refractivity contribution in [3.05, 3.63) is 102 Å². The van der Waals surface area contributed by atoms with Crippen LogP contribution < -0.4 is 50.6 Å². The highest BCUT2D eigenvalue weighted by atomic mass is 32.2. The van der Waals surface area contributed by atoms with Crippen LogP contribution in [0, 0.1) is 5.92 Å². The summed E-state index contributed by atoms with van der Waals surface area (Å²) in [5.74, 6) is -8.74. The lowest BCUT2D eigenvalue weighted by Crippen LogP contribution is -2.64. The second kappa shape index (κ2) is 33.4. The molecule has 4 fully saturated rings. The largest absolute Gasteiger partial charge is 0.504 e. The van der Waals surface area contributed by atoms with Gasteiger partial charge in [-0.05, 0) is 97.2 Å². The molecule has 0 saturated carbocycles. The number of phenols is 1. The molecule has 4 aliphatic heterocycles. The molecule has 7 amide bonds. The number of benzene rings is 4. The lowest BCUT2D eigenvalue weighted by molar-refractivity contribution is -0.433. The van der Waals surface area contributed by atoms with Crippen LogP contribution in [0.5, 0.6) is 17.2 Å². The average molecular weight is 1340 g/mol. The summed E-state index contributed by atoms with van der Waals surface area (Å²) in [6.07, 6.45) is -12.6. The minimum Gasteiger partial charge on any atom is -0.504 e. The number of ether oxygens (including phenoxy) is 1. The van der Waals surface area contributed by atoms with Gasteiger partial charge in [-0.2, -0.15) is 0 Å². The molecule has 4 heterocycles. The number of amides is 7. The van der Waals surface area contributed by atoms with Crippen LogP contribution in [0.3, 0.4) is 0 Å². The van der Waals surface area contributed by atoms with E-state index in [1.54, 1.807) is 19.2 Å². The molecule has 0 aliphatic carbocycles. The van der Waals surface area contributed by atoms with Crippen LogP contribution >= 0.6 is 12.3 Å². The molecule has 13 atom stereocenters. The maximum absolute atomic E-state index is 15.0. The fraction of sp³-hybridized carbons (Fsp3) is 0.500. The molecule has 0 bridgehead atoms. The van der Waals surface area contributed by atoms with Gasteiger partial charge in [-0.1, -0.05) is 46.6 Å². The Balaban J connectivity index is 1.07. The van der Waals surface area contributed by atoms with Crippen LogP contribution in [-0.2, 0) is 44.6 Å². The summed E-state index contributed by atoms with van der Waals surface area (Å²) < 4.78 is 14.7. The van der Waals surface area contributed by atoms with Crippen LogP contribution in [-0.4, -0.2) is 254 Å². The minimum atomic E-state index is -2.16. The second-order valence-electron chi connectivity index (χ2n) is 23.7. The third-order valence-electron chi connectivity index (χ3n) is 17.1. The Hall–Kier alpha value is -7.96. The summed E-state index contributed by atoms with van der Waals surface area (Å²) in [6.45, 7) is 2.93. The predicted molar refractivity (Wildman–Crippen MR) is 336 cm³/mol. The maximum Gasteiger partial charge on any atom is 0.261 e. The Labute approximate surface area is 545 Å². The highest BCUT2D eigenvalue weighted by Gasteiger charge is 2.50. The van der Waals surface area contributed by atoms with E-state index >= 15 is 0 Å².